The van der Waals surface area contributed by atoms with Crippen LogP contribution in [0.3, 0.4) is 0 Å². The van der Waals surface area contributed by atoms with Gasteiger partial charge in [0.1, 0.15) is 0 Å². The maximum absolute atomic E-state index is 6.28. The summed E-state index contributed by atoms with van der Waals surface area (Å²) in [4.78, 5) is 0. The maximum Gasteiger partial charge on any atom is 0.0847 e. The Labute approximate surface area is 117 Å². The van der Waals surface area contributed by atoms with Crippen LogP contribution in [0.15, 0.2) is 16.8 Å². The Morgan fingerprint density at radius 3 is 2.89 bits per heavy atom. The minimum atomic E-state index is 0.0819. The first-order valence-electron chi connectivity index (χ1n) is 6.10. The van der Waals surface area contributed by atoms with Crippen molar-refractivity contribution in [2.24, 2.45) is 5.73 Å². The molecule has 0 fully saturated rings. The van der Waals surface area contributed by atoms with Gasteiger partial charge in [0.2, 0.25) is 0 Å². The summed E-state index contributed by atoms with van der Waals surface area (Å²) in [5, 5.41) is 9.39. The lowest BCUT2D eigenvalue weighted by molar-refractivity contribution is 0.575. The van der Waals surface area contributed by atoms with E-state index in [-0.39, 0.29) is 6.04 Å². The van der Waals surface area contributed by atoms with Gasteiger partial charge in [-0.1, -0.05) is 11.6 Å². The van der Waals surface area contributed by atoms with E-state index in [1.54, 1.807) is 11.3 Å². The lowest BCUT2D eigenvalue weighted by atomic mass is 10.0. The zero-order chi connectivity index (χ0) is 13.1. The van der Waals surface area contributed by atoms with Crippen molar-refractivity contribution in [2.45, 2.75) is 39.3 Å². The van der Waals surface area contributed by atoms with Crippen LogP contribution in [0.1, 0.15) is 23.9 Å². The molecule has 3 nitrogen and oxygen atoms in total. The second-order valence-corrected chi connectivity index (χ2v) is 5.62. The highest BCUT2D eigenvalue weighted by molar-refractivity contribution is 7.07. The summed E-state index contributed by atoms with van der Waals surface area (Å²) < 4.78 is 1.95. The number of nitrogens with two attached hydrogens (primary N) is 1. The van der Waals surface area contributed by atoms with Gasteiger partial charge in [0.05, 0.1) is 16.4 Å². The lowest BCUT2D eigenvalue weighted by Crippen LogP contribution is -2.26. The van der Waals surface area contributed by atoms with Gasteiger partial charge in [-0.3, -0.25) is 4.68 Å². The lowest BCUT2D eigenvalue weighted by Gasteiger charge is -2.12. The van der Waals surface area contributed by atoms with Crippen LogP contribution in [0.25, 0.3) is 0 Å². The van der Waals surface area contributed by atoms with Crippen LogP contribution < -0.4 is 5.73 Å². The van der Waals surface area contributed by atoms with Crippen molar-refractivity contribution >= 4 is 22.9 Å². The predicted molar refractivity (Wildman–Crippen MR) is 77.4 cm³/mol. The van der Waals surface area contributed by atoms with Crippen LogP contribution in [0.2, 0.25) is 5.02 Å². The number of rotatable bonds is 5. The van der Waals surface area contributed by atoms with Crippen molar-refractivity contribution in [3.63, 3.8) is 0 Å². The SMILES string of the molecule is CCn1nc(C)c(Cl)c1CC(N)Cc1ccsc1. The normalized spacial score (nSPS) is 12.9. The van der Waals surface area contributed by atoms with Crippen molar-refractivity contribution in [1.82, 2.24) is 9.78 Å². The van der Waals surface area contributed by atoms with Gasteiger partial charge in [0, 0.05) is 19.0 Å². The van der Waals surface area contributed by atoms with Gasteiger partial charge in [-0.25, -0.2) is 0 Å². The van der Waals surface area contributed by atoms with Gasteiger partial charge in [0.15, 0.2) is 0 Å². The molecule has 2 aromatic heterocycles. The highest BCUT2D eigenvalue weighted by atomic mass is 35.5. The Balaban J connectivity index is 2.09. The molecule has 0 aliphatic carbocycles. The first kappa shape index (κ1) is 13.6. The van der Waals surface area contributed by atoms with E-state index < -0.39 is 0 Å². The van der Waals surface area contributed by atoms with Crippen LogP contribution in [0.4, 0.5) is 0 Å². The summed E-state index contributed by atoms with van der Waals surface area (Å²) in [6, 6.07) is 2.20. The van der Waals surface area contributed by atoms with Gasteiger partial charge < -0.3 is 5.73 Å². The molecule has 1 unspecified atom stereocenters. The Hall–Kier alpha value is -0.840. The number of hydrogen-bond acceptors (Lipinski definition) is 3. The zero-order valence-electron chi connectivity index (χ0n) is 10.7. The molecule has 0 saturated heterocycles. The van der Waals surface area contributed by atoms with Crippen LogP contribution in [0.5, 0.6) is 0 Å². The Morgan fingerprint density at radius 2 is 2.28 bits per heavy atom. The molecule has 0 radical (unpaired) electrons. The molecule has 2 rings (SSSR count). The highest BCUT2D eigenvalue weighted by Gasteiger charge is 2.16. The van der Waals surface area contributed by atoms with Crippen molar-refractivity contribution in [3.05, 3.63) is 38.8 Å². The zero-order valence-corrected chi connectivity index (χ0v) is 12.3. The molecule has 0 amide bonds. The average Bonchev–Trinajstić information content (AvgIpc) is 2.92. The van der Waals surface area contributed by atoms with E-state index in [1.165, 1.54) is 5.56 Å². The maximum atomic E-state index is 6.28. The topological polar surface area (TPSA) is 43.8 Å². The van der Waals surface area contributed by atoms with Gasteiger partial charge in [-0.2, -0.15) is 16.4 Å². The molecular formula is C13H18ClN3S. The molecule has 0 spiro atoms. The molecule has 2 N–H and O–H groups in total. The van der Waals surface area contributed by atoms with Gasteiger partial charge in [-0.15, -0.1) is 0 Å². The van der Waals surface area contributed by atoms with E-state index >= 15 is 0 Å². The largest absolute Gasteiger partial charge is 0.327 e. The third-order valence-electron chi connectivity index (χ3n) is 2.99. The summed E-state index contributed by atoms with van der Waals surface area (Å²) in [6.07, 6.45) is 1.65. The molecule has 0 aromatic carbocycles. The first-order chi connectivity index (χ1) is 8.61. The summed E-state index contributed by atoms with van der Waals surface area (Å²) in [6.45, 7) is 4.83. The monoisotopic (exact) mass is 283 g/mol. The molecular weight excluding hydrogens is 266 g/mol. The van der Waals surface area contributed by atoms with E-state index in [0.717, 1.165) is 35.8 Å². The first-order valence-corrected chi connectivity index (χ1v) is 7.42. The van der Waals surface area contributed by atoms with Crippen LogP contribution in [-0.4, -0.2) is 15.8 Å². The molecule has 0 aliphatic heterocycles. The number of aromatic nitrogens is 2. The van der Waals surface area contributed by atoms with Crippen LogP contribution in [-0.2, 0) is 19.4 Å². The average molecular weight is 284 g/mol. The third kappa shape index (κ3) is 2.94. The minimum absolute atomic E-state index is 0.0819. The number of hydrogen-bond donors (Lipinski definition) is 1. The molecule has 0 bridgehead atoms. The van der Waals surface area contributed by atoms with Crippen LogP contribution in [0, 0.1) is 6.92 Å². The van der Waals surface area contributed by atoms with Crippen molar-refractivity contribution in [3.8, 4) is 0 Å². The van der Waals surface area contributed by atoms with E-state index in [2.05, 4.69) is 28.8 Å². The highest BCUT2D eigenvalue weighted by Crippen LogP contribution is 2.22. The standard InChI is InChI=1S/C13H18ClN3S/c1-3-17-12(13(14)9(2)16-17)7-11(15)6-10-4-5-18-8-10/h4-5,8,11H,3,6-7,15H2,1-2H3. The fourth-order valence-electron chi connectivity index (χ4n) is 2.10. The van der Waals surface area contributed by atoms with E-state index in [9.17, 15) is 0 Å². The molecule has 98 valence electrons. The van der Waals surface area contributed by atoms with Gasteiger partial charge in [0.25, 0.3) is 0 Å². The van der Waals surface area contributed by atoms with E-state index in [1.807, 2.05) is 11.6 Å². The van der Waals surface area contributed by atoms with Crippen molar-refractivity contribution < 1.29 is 0 Å². The third-order valence-corrected chi connectivity index (χ3v) is 4.21. The smallest absolute Gasteiger partial charge is 0.0847 e. The van der Waals surface area contributed by atoms with Crippen molar-refractivity contribution in [2.75, 3.05) is 0 Å². The number of aryl methyl sites for hydroxylation is 2. The van der Waals surface area contributed by atoms with Gasteiger partial charge >= 0.3 is 0 Å². The predicted octanol–water partition coefficient (Wildman–Crippen LogP) is 3.04. The molecule has 1 atom stereocenters. The van der Waals surface area contributed by atoms with E-state index in [0.29, 0.717) is 0 Å². The molecule has 2 aromatic rings. The number of halogens is 1. The number of nitrogens with zero attached hydrogens (tertiary/aromatic N) is 2. The van der Waals surface area contributed by atoms with Gasteiger partial charge in [-0.05, 0) is 42.7 Å². The van der Waals surface area contributed by atoms with Crippen molar-refractivity contribution in [1.29, 1.82) is 0 Å². The quantitative estimate of drug-likeness (QED) is 0.917. The fraction of sp³-hybridized carbons (Fsp3) is 0.462. The second-order valence-electron chi connectivity index (χ2n) is 4.46. The Bertz CT molecular complexity index is 505. The Morgan fingerprint density at radius 1 is 1.50 bits per heavy atom. The Kier molecular flexibility index (Phi) is 4.43. The summed E-state index contributed by atoms with van der Waals surface area (Å²) >= 11 is 7.99. The van der Waals surface area contributed by atoms with Crippen LogP contribution >= 0.6 is 22.9 Å². The molecule has 0 aliphatic rings. The van der Waals surface area contributed by atoms with E-state index in [4.69, 9.17) is 17.3 Å². The fourth-order valence-corrected chi connectivity index (χ4v) is 2.99. The molecule has 2 heterocycles. The second kappa shape index (κ2) is 5.87. The summed E-state index contributed by atoms with van der Waals surface area (Å²) in [5.74, 6) is 0. The summed E-state index contributed by atoms with van der Waals surface area (Å²) in [7, 11) is 0. The number of thiophene rings is 1. The minimum Gasteiger partial charge on any atom is -0.327 e. The summed E-state index contributed by atoms with van der Waals surface area (Å²) in [5.41, 5.74) is 9.44. The molecule has 0 saturated carbocycles. The molecule has 18 heavy (non-hydrogen) atoms. The molecule has 5 heteroatoms.